The number of thiazole rings is 1. The van der Waals surface area contributed by atoms with E-state index in [1.807, 2.05) is 30.3 Å². The minimum atomic E-state index is -0.316. The molecule has 3 nitrogen and oxygen atoms in total. The maximum Gasteiger partial charge on any atom is 0.180 e. The van der Waals surface area contributed by atoms with Crippen molar-refractivity contribution in [2.24, 2.45) is 0 Å². The van der Waals surface area contributed by atoms with Crippen molar-refractivity contribution in [3.8, 4) is 16.2 Å². The summed E-state index contributed by atoms with van der Waals surface area (Å²) >= 11 is 1.31. The number of rotatable bonds is 4. The van der Waals surface area contributed by atoms with E-state index in [1.54, 1.807) is 12.3 Å². The van der Waals surface area contributed by atoms with Gasteiger partial charge in [0.2, 0.25) is 0 Å². The van der Waals surface area contributed by atoms with Crippen molar-refractivity contribution >= 4 is 16.5 Å². The smallest absolute Gasteiger partial charge is 0.180 e. The first-order chi connectivity index (χ1) is 10.2. The lowest BCUT2D eigenvalue weighted by Gasteiger charge is -2.10. The van der Waals surface area contributed by atoms with Gasteiger partial charge in [-0.25, -0.2) is 9.37 Å². The molecular formula is C16H13FN2OS. The molecule has 2 aromatic carbocycles. The maximum absolute atomic E-state index is 13.5. The van der Waals surface area contributed by atoms with Gasteiger partial charge in [0.1, 0.15) is 18.2 Å². The molecule has 0 saturated carbocycles. The van der Waals surface area contributed by atoms with E-state index < -0.39 is 0 Å². The van der Waals surface area contributed by atoms with Gasteiger partial charge < -0.3 is 10.5 Å². The second kappa shape index (κ2) is 5.93. The zero-order chi connectivity index (χ0) is 14.7. The molecule has 3 rings (SSSR count). The Kier molecular flexibility index (Phi) is 3.83. The number of nitrogen functional groups attached to an aromatic ring is 1. The number of halogens is 1. The van der Waals surface area contributed by atoms with E-state index in [0.29, 0.717) is 23.1 Å². The summed E-state index contributed by atoms with van der Waals surface area (Å²) in [4.78, 5) is 4.79. The van der Waals surface area contributed by atoms with Crippen molar-refractivity contribution in [3.63, 3.8) is 0 Å². The molecule has 3 aromatic rings. The van der Waals surface area contributed by atoms with Gasteiger partial charge >= 0.3 is 0 Å². The van der Waals surface area contributed by atoms with Crippen LogP contribution in [0.2, 0.25) is 0 Å². The van der Waals surface area contributed by atoms with E-state index in [0.717, 1.165) is 10.4 Å². The highest BCUT2D eigenvalue weighted by Crippen LogP contribution is 2.35. The third-order valence-corrected chi connectivity index (χ3v) is 3.83. The standard InChI is InChI=1S/C16H13FN2OS/c17-12-6-7-14(20-10-11-4-2-1-3-5-11)13(8-12)15-9-19-16(18)21-15/h1-9H,10H2,(H2,18,19). The first kappa shape index (κ1) is 13.6. The number of benzene rings is 2. The van der Waals surface area contributed by atoms with Gasteiger partial charge in [-0.3, -0.25) is 0 Å². The molecule has 0 aliphatic carbocycles. The molecule has 21 heavy (non-hydrogen) atoms. The monoisotopic (exact) mass is 300 g/mol. The predicted molar refractivity (Wildman–Crippen MR) is 82.7 cm³/mol. The highest BCUT2D eigenvalue weighted by Gasteiger charge is 2.11. The van der Waals surface area contributed by atoms with Gasteiger partial charge in [-0.2, -0.15) is 0 Å². The maximum atomic E-state index is 13.5. The minimum absolute atomic E-state index is 0.316. The average molecular weight is 300 g/mol. The Bertz CT molecular complexity index is 743. The van der Waals surface area contributed by atoms with Crippen molar-refractivity contribution in [1.29, 1.82) is 0 Å². The summed E-state index contributed by atoms with van der Waals surface area (Å²) in [6, 6.07) is 14.3. The summed E-state index contributed by atoms with van der Waals surface area (Å²) in [5.74, 6) is 0.299. The topological polar surface area (TPSA) is 48.1 Å². The summed E-state index contributed by atoms with van der Waals surface area (Å²) in [5, 5.41) is 0.447. The van der Waals surface area contributed by atoms with Crippen LogP contribution in [0.4, 0.5) is 9.52 Å². The van der Waals surface area contributed by atoms with Crippen LogP contribution in [-0.4, -0.2) is 4.98 Å². The van der Waals surface area contributed by atoms with Gasteiger partial charge in [0.05, 0.1) is 4.88 Å². The molecule has 0 unspecified atom stereocenters. The number of hydrogen-bond acceptors (Lipinski definition) is 4. The summed E-state index contributed by atoms with van der Waals surface area (Å²) in [6.45, 7) is 0.424. The number of hydrogen-bond donors (Lipinski definition) is 1. The van der Waals surface area contributed by atoms with Crippen LogP contribution < -0.4 is 10.5 Å². The van der Waals surface area contributed by atoms with Crippen molar-refractivity contribution in [2.75, 3.05) is 5.73 Å². The van der Waals surface area contributed by atoms with Gasteiger partial charge in [-0.15, -0.1) is 0 Å². The number of nitrogens with zero attached hydrogens (tertiary/aromatic N) is 1. The molecule has 0 aliphatic rings. The van der Waals surface area contributed by atoms with Crippen molar-refractivity contribution in [2.45, 2.75) is 6.61 Å². The van der Waals surface area contributed by atoms with E-state index in [-0.39, 0.29) is 5.82 Å². The number of aromatic nitrogens is 1. The fourth-order valence-corrected chi connectivity index (χ4v) is 2.67. The summed E-state index contributed by atoms with van der Waals surface area (Å²) < 4.78 is 19.3. The molecule has 5 heteroatoms. The highest BCUT2D eigenvalue weighted by atomic mass is 32.1. The van der Waals surface area contributed by atoms with Crippen LogP contribution in [0.3, 0.4) is 0 Å². The summed E-state index contributed by atoms with van der Waals surface area (Å²) in [6.07, 6.45) is 1.63. The molecular weight excluding hydrogens is 287 g/mol. The van der Waals surface area contributed by atoms with Crippen LogP contribution in [0.5, 0.6) is 5.75 Å². The molecule has 0 bridgehead atoms. The molecule has 0 radical (unpaired) electrons. The normalized spacial score (nSPS) is 10.5. The molecule has 0 saturated heterocycles. The Labute approximate surface area is 125 Å². The Morgan fingerprint density at radius 1 is 1.14 bits per heavy atom. The molecule has 106 valence electrons. The van der Waals surface area contributed by atoms with E-state index in [9.17, 15) is 4.39 Å². The lowest BCUT2D eigenvalue weighted by molar-refractivity contribution is 0.307. The Hall–Kier alpha value is -2.40. The second-order valence-electron chi connectivity index (χ2n) is 4.48. The second-order valence-corrected chi connectivity index (χ2v) is 5.54. The molecule has 0 amide bonds. The molecule has 0 aliphatic heterocycles. The van der Waals surface area contributed by atoms with E-state index in [1.165, 1.54) is 23.5 Å². The first-order valence-electron chi connectivity index (χ1n) is 6.40. The zero-order valence-electron chi connectivity index (χ0n) is 11.1. The number of nitrogens with two attached hydrogens (primary N) is 1. The van der Waals surface area contributed by atoms with Crippen molar-refractivity contribution in [1.82, 2.24) is 4.98 Å². The molecule has 0 atom stereocenters. The molecule has 0 fully saturated rings. The Morgan fingerprint density at radius 3 is 2.67 bits per heavy atom. The van der Waals surface area contributed by atoms with Crippen molar-refractivity contribution in [3.05, 3.63) is 66.1 Å². The van der Waals surface area contributed by atoms with Crippen LogP contribution in [0, 0.1) is 5.82 Å². The largest absolute Gasteiger partial charge is 0.488 e. The zero-order valence-corrected chi connectivity index (χ0v) is 11.9. The lowest BCUT2D eigenvalue weighted by Crippen LogP contribution is -1.96. The molecule has 1 aromatic heterocycles. The number of ether oxygens (including phenoxy) is 1. The van der Waals surface area contributed by atoms with Crippen LogP contribution in [0.1, 0.15) is 5.56 Å². The SMILES string of the molecule is Nc1ncc(-c2cc(F)ccc2OCc2ccccc2)s1. The predicted octanol–water partition coefficient (Wildman–Crippen LogP) is 4.11. The highest BCUT2D eigenvalue weighted by molar-refractivity contribution is 7.18. The van der Waals surface area contributed by atoms with E-state index in [2.05, 4.69) is 4.98 Å². The van der Waals surface area contributed by atoms with Gasteiger partial charge in [-0.05, 0) is 23.8 Å². The quantitative estimate of drug-likeness (QED) is 0.788. The van der Waals surface area contributed by atoms with Crippen LogP contribution in [0.15, 0.2) is 54.7 Å². The van der Waals surface area contributed by atoms with Crippen LogP contribution >= 0.6 is 11.3 Å². The third-order valence-electron chi connectivity index (χ3n) is 2.97. The fourth-order valence-electron chi connectivity index (χ4n) is 1.97. The molecule has 0 spiro atoms. The third kappa shape index (κ3) is 3.20. The van der Waals surface area contributed by atoms with Gasteiger partial charge in [-0.1, -0.05) is 41.7 Å². The summed E-state index contributed by atoms with van der Waals surface area (Å²) in [7, 11) is 0. The van der Waals surface area contributed by atoms with Crippen molar-refractivity contribution < 1.29 is 9.13 Å². The Balaban J connectivity index is 1.88. The van der Waals surface area contributed by atoms with E-state index >= 15 is 0 Å². The molecule has 1 heterocycles. The Morgan fingerprint density at radius 2 is 1.95 bits per heavy atom. The fraction of sp³-hybridized carbons (Fsp3) is 0.0625. The van der Waals surface area contributed by atoms with Gasteiger partial charge in [0, 0.05) is 11.8 Å². The average Bonchev–Trinajstić information content (AvgIpc) is 2.93. The first-order valence-corrected chi connectivity index (χ1v) is 7.22. The van der Waals surface area contributed by atoms with Gasteiger partial charge in [0.25, 0.3) is 0 Å². The number of anilines is 1. The molecule has 2 N–H and O–H groups in total. The van der Waals surface area contributed by atoms with Crippen LogP contribution in [0.25, 0.3) is 10.4 Å². The summed E-state index contributed by atoms with van der Waals surface area (Å²) in [5.41, 5.74) is 7.36. The van der Waals surface area contributed by atoms with E-state index in [4.69, 9.17) is 10.5 Å². The van der Waals surface area contributed by atoms with Crippen LogP contribution in [-0.2, 0) is 6.61 Å². The minimum Gasteiger partial charge on any atom is -0.488 e. The lowest BCUT2D eigenvalue weighted by atomic mass is 10.1. The van der Waals surface area contributed by atoms with Gasteiger partial charge in [0.15, 0.2) is 5.13 Å².